The van der Waals surface area contributed by atoms with E-state index in [2.05, 4.69) is 10.6 Å². The second-order valence-corrected chi connectivity index (χ2v) is 5.77. The van der Waals surface area contributed by atoms with Crippen LogP contribution in [0.5, 0.6) is 0 Å². The Labute approximate surface area is 108 Å². The van der Waals surface area contributed by atoms with Crippen LogP contribution in [-0.4, -0.2) is 35.6 Å². The summed E-state index contributed by atoms with van der Waals surface area (Å²) in [6, 6.07) is 0. The SMILES string of the molecule is CC1CC1C(=O)NCCC(=O)NC(C)(C)CCO. The molecule has 0 saturated heterocycles. The van der Waals surface area contributed by atoms with Gasteiger partial charge in [-0.3, -0.25) is 9.59 Å². The van der Waals surface area contributed by atoms with Gasteiger partial charge >= 0.3 is 0 Å². The molecule has 0 radical (unpaired) electrons. The Hall–Kier alpha value is -1.10. The van der Waals surface area contributed by atoms with Gasteiger partial charge in [0.1, 0.15) is 0 Å². The van der Waals surface area contributed by atoms with E-state index in [0.717, 1.165) is 6.42 Å². The van der Waals surface area contributed by atoms with Crippen LogP contribution in [0.2, 0.25) is 0 Å². The zero-order chi connectivity index (χ0) is 13.8. The van der Waals surface area contributed by atoms with E-state index in [9.17, 15) is 9.59 Å². The molecule has 0 aromatic carbocycles. The van der Waals surface area contributed by atoms with Gasteiger partial charge < -0.3 is 15.7 Å². The van der Waals surface area contributed by atoms with Crippen molar-refractivity contribution < 1.29 is 14.7 Å². The molecule has 0 aliphatic heterocycles. The Bertz CT molecular complexity index is 315. The molecule has 0 heterocycles. The molecule has 18 heavy (non-hydrogen) atoms. The van der Waals surface area contributed by atoms with E-state index in [-0.39, 0.29) is 30.8 Å². The van der Waals surface area contributed by atoms with Crippen molar-refractivity contribution in [2.24, 2.45) is 11.8 Å². The molecule has 1 fully saturated rings. The maximum absolute atomic E-state index is 11.6. The van der Waals surface area contributed by atoms with E-state index >= 15 is 0 Å². The second kappa shape index (κ2) is 6.18. The van der Waals surface area contributed by atoms with Crippen molar-refractivity contribution in [2.45, 2.75) is 45.6 Å². The smallest absolute Gasteiger partial charge is 0.223 e. The van der Waals surface area contributed by atoms with Crippen LogP contribution >= 0.6 is 0 Å². The quantitative estimate of drug-likeness (QED) is 0.618. The molecule has 104 valence electrons. The normalized spacial score (nSPS) is 22.4. The summed E-state index contributed by atoms with van der Waals surface area (Å²) in [6.07, 6.45) is 1.76. The molecule has 5 nitrogen and oxygen atoms in total. The van der Waals surface area contributed by atoms with Crippen LogP contribution in [0.4, 0.5) is 0 Å². The van der Waals surface area contributed by atoms with Crippen molar-refractivity contribution in [3.8, 4) is 0 Å². The van der Waals surface area contributed by atoms with Gasteiger partial charge in [-0.1, -0.05) is 6.92 Å². The minimum absolute atomic E-state index is 0.0452. The highest BCUT2D eigenvalue weighted by Gasteiger charge is 2.38. The largest absolute Gasteiger partial charge is 0.396 e. The first-order valence-electron chi connectivity index (χ1n) is 6.55. The van der Waals surface area contributed by atoms with Crippen LogP contribution in [0, 0.1) is 11.8 Å². The number of nitrogens with one attached hydrogen (secondary N) is 2. The molecule has 2 unspecified atom stereocenters. The van der Waals surface area contributed by atoms with Gasteiger partial charge in [-0.15, -0.1) is 0 Å². The summed E-state index contributed by atoms with van der Waals surface area (Å²) in [5.41, 5.74) is -0.402. The van der Waals surface area contributed by atoms with E-state index < -0.39 is 5.54 Å². The molecule has 0 bridgehead atoms. The summed E-state index contributed by atoms with van der Waals surface area (Å²) in [4.78, 5) is 23.1. The number of hydrogen-bond donors (Lipinski definition) is 3. The third kappa shape index (κ3) is 5.04. The van der Waals surface area contributed by atoms with Gasteiger partial charge in [-0.05, 0) is 32.6 Å². The maximum Gasteiger partial charge on any atom is 0.223 e. The van der Waals surface area contributed by atoms with E-state index in [0.29, 0.717) is 18.9 Å². The molecule has 2 atom stereocenters. The number of hydrogen-bond acceptors (Lipinski definition) is 3. The van der Waals surface area contributed by atoms with Crippen LogP contribution < -0.4 is 10.6 Å². The molecule has 5 heteroatoms. The van der Waals surface area contributed by atoms with Gasteiger partial charge in [0, 0.05) is 31.0 Å². The Morgan fingerprint density at radius 3 is 2.50 bits per heavy atom. The van der Waals surface area contributed by atoms with Crippen molar-refractivity contribution in [2.75, 3.05) is 13.2 Å². The zero-order valence-electron chi connectivity index (χ0n) is 11.5. The third-order valence-electron chi connectivity index (χ3n) is 3.31. The van der Waals surface area contributed by atoms with Crippen LogP contribution in [0.15, 0.2) is 0 Å². The molecule has 1 aliphatic carbocycles. The highest BCUT2D eigenvalue weighted by molar-refractivity contribution is 5.82. The molecule has 0 spiro atoms. The summed E-state index contributed by atoms with van der Waals surface area (Å²) in [6.45, 7) is 6.21. The standard InChI is InChI=1S/C13H24N2O3/c1-9-8-10(9)12(18)14-6-4-11(17)15-13(2,3)5-7-16/h9-10,16H,4-8H2,1-3H3,(H,14,18)(H,15,17). The zero-order valence-corrected chi connectivity index (χ0v) is 11.5. The van der Waals surface area contributed by atoms with Gasteiger partial charge in [0.05, 0.1) is 0 Å². The number of amides is 2. The van der Waals surface area contributed by atoms with Crippen molar-refractivity contribution in [3.05, 3.63) is 0 Å². The van der Waals surface area contributed by atoms with Crippen molar-refractivity contribution in [3.63, 3.8) is 0 Å². The monoisotopic (exact) mass is 256 g/mol. The lowest BCUT2D eigenvalue weighted by Crippen LogP contribution is -2.45. The van der Waals surface area contributed by atoms with E-state index in [1.165, 1.54) is 0 Å². The fourth-order valence-electron chi connectivity index (χ4n) is 1.90. The molecule has 1 rings (SSSR count). The Balaban J connectivity index is 2.15. The summed E-state index contributed by atoms with van der Waals surface area (Å²) in [5, 5.41) is 14.5. The van der Waals surface area contributed by atoms with Gasteiger partial charge in [-0.25, -0.2) is 0 Å². The molecule has 3 N–H and O–H groups in total. The number of aliphatic hydroxyl groups is 1. The predicted octanol–water partition coefficient (Wildman–Crippen LogP) is 0.426. The lowest BCUT2D eigenvalue weighted by Gasteiger charge is -2.25. The number of carbonyl (C=O) groups is 2. The topological polar surface area (TPSA) is 78.4 Å². The highest BCUT2D eigenvalue weighted by Crippen LogP contribution is 2.37. The molecule has 1 aliphatic rings. The molecule has 1 saturated carbocycles. The van der Waals surface area contributed by atoms with Gasteiger partial charge in [0.15, 0.2) is 0 Å². The fraction of sp³-hybridized carbons (Fsp3) is 0.846. The minimum Gasteiger partial charge on any atom is -0.396 e. The Morgan fingerprint density at radius 2 is 2.00 bits per heavy atom. The van der Waals surface area contributed by atoms with Gasteiger partial charge in [0.25, 0.3) is 0 Å². The lowest BCUT2D eigenvalue weighted by molar-refractivity contribution is -0.123. The summed E-state index contributed by atoms with van der Waals surface area (Å²) in [5.74, 6) is 0.601. The molecular formula is C13H24N2O3. The summed E-state index contributed by atoms with van der Waals surface area (Å²) in [7, 11) is 0. The highest BCUT2D eigenvalue weighted by atomic mass is 16.3. The maximum atomic E-state index is 11.6. The minimum atomic E-state index is -0.402. The van der Waals surface area contributed by atoms with Gasteiger partial charge in [-0.2, -0.15) is 0 Å². The third-order valence-corrected chi connectivity index (χ3v) is 3.31. The summed E-state index contributed by atoms with van der Waals surface area (Å²) >= 11 is 0. The predicted molar refractivity (Wildman–Crippen MR) is 68.8 cm³/mol. The van der Waals surface area contributed by atoms with E-state index in [4.69, 9.17) is 5.11 Å². The van der Waals surface area contributed by atoms with Crippen molar-refractivity contribution in [1.82, 2.24) is 10.6 Å². The van der Waals surface area contributed by atoms with Crippen molar-refractivity contribution in [1.29, 1.82) is 0 Å². The Kier molecular flexibility index (Phi) is 5.14. The van der Waals surface area contributed by atoms with Gasteiger partial charge in [0.2, 0.25) is 11.8 Å². The summed E-state index contributed by atoms with van der Waals surface area (Å²) < 4.78 is 0. The molecule has 0 aromatic rings. The first kappa shape index (κ1) is 15.0. The van der Waals surface area contributed by atoms with E-state index in [1.54, 1.807) is 0 Å². The fourth-order valence-corrected chi connectivity index (χ4v) is 1.90. The average molecular weight is 256 g/mol. The number of rotatable bonds is 7. The molecule has 2 amide bonds. The van der Waals surface area contributed by atoms with Crippen LogP contribution in [0.1, 0.15) is 40.0 Å². The molecular weight excluding hydrogens is 232 g/mol. The lowest BCUT2D eigenvalue weighted by atomic mass is 10.0. The molecule has 0 aromatic heterocycles. The van der Waals surface area contributed by atoms with Crippen LogP contribution in [0.25, 0.3) is 0 Å². The first-order valence-corrected chi connectivity index (χ1v) is 6.55. The average Bonchev–Trinajstić information content (AvgIpc) is 2.94. The Morgan fingerprint density at radius 1 is 1.39 bits per heavy atom. The first-order chi connectivity index (χ1) is 8.35. The number of aliphatic hydroxyl groups excluding tert-OH is 1. The second-order valence-electron chi connectivity index (χ2n) is 5.77. The number of carbonyl (C=O) groups excluding carboxylic acids is 2. The van der Waals surface area contributed by atoms with E-state index in [1.807, 2.05) is 20.8 Å². The van der Waals surface area contributed by atoms with Crippen LogP contribution in [0.3, 0.4) is 0 Å². The van der Waals surface area contributed by atoms with Crippen molar-refractivity contribution >= 4 is 11.8 Å². The van der Waals surface area contributed by atoms with Crippen LogP contribution in [-0.2, 0) is 9.59 Å².